The van der Waals surface area contributed by atoms with Gasteiger partial charge in [0.2, 0.25) is 5.95 Å². The number of aromatic nitrogens is 4. The van der Waals surface area contributed by atoms with E-state index >= 15 is 0 Å². The molecule has 4 heterocycles. The highest BCUT2D eigenvalue weighted by Gasteiger charge is 2.56. The van der Waals surface area contributed by atoms with E-state index in [0.29, 0.717) is 17.4 Å². The van der Waals surface area contributed by atoms with Crippen molar-refractivity contribution >= 4 is 5.95 Å². The Bertz CT molecular complexity index is 843. The van der Waals surface area contributed by atoms with E-state index in [1.807, 2.05) is 6.20 Å². The molecule has 26 heavy (non-hydrogen) atoms. The minimum absolute atomic E-state index is 0.0205. The molecule has 2 bridgehead atoms. The molecule has 3 aliphatic carbocycles. The summed E-state index contributed by atoms with van der Waals surface area (Å²) in [6.45, 7) is 2.18. The number of nitrogens with one attached hydrogen (secondary N) is 2. The van der Waals surface area contributed by atoms with Gasteiger partial charge in [0.25, 0.3) is 0 Å². The molecule has 136 valence electrons. The SMILES string of the molecule is CNCC12CC(C1)N(c1nccc(C3(c4cc(C5CC5)[nH]n4)CC3)n1)C2. The second-order valence-electron chi connectivity index (χ2n) is 9.03. The largest absolute Gasteiger partial charge is 0.337 e. The molecule has 2 saturated heterocycles. The third-order valence-electron chi connectivity index (χ3n) is 7.08. The molecule has 0 radical (unpaired) electrons. The molecule has 2 aromatic heterocycles. The first-order chi connectivity index (χ1) is 12.7. The van der Waals surface area contributed by atoms with Crippen LogP contribution in [0, 0.1) is 5.41 Å². The van der Waals surface area contributed by atoms with Gasteiger partial charge in [0.1, 0.15) is 0 Å². The van der Waals surface area contributed by atoms with Crippen LogP contribution in [0.15, 0.2) is 18.3 Å². The van der Waals surface area contributed by atoms with Gasteiger partial charge in [-0.3, -0.25) is 5.10 Å². The van der Waals surface area contributed by atoms with Gasteiger partial charge in [-0.25, -0.2) is 9.97 Å². The van der Waals surface area contributed by atoms with Crippen LogP contribution < -0.4 is 10.2 Å². The summed E-state index contributed by atoms with van der Waals surface area (Å²) in [4.78, 5) is 12.1. The van der Waals surface area contributed by atoms with Crippen molar-refractivity contribution in [3.05, 3.63) is 35.4 Å². The van der Waals surface area contributed by atoms with Gasteiger partial charge in [-0.15, -0.1) is 0 Å². The number of aromatic amines is 1. The zero-order valence-electron chi connectivity index (χ0n) is 15.3. The maximum atomic E-state index is 5.04. The Morgan fingerprint density at radius 1 is 1.27 bits per heavy atom. The summed E-state index contributed by atoms with van der Waals surface area (Å²) in [6, 6.07) is 5.02. The Kier molecular flexibility index (Phi) is 2.95. The molecular formula is C20H26N6. The molecular weight excluding hydrogens is 324 g/mol. The summed E-state index contributed by atoms with van der Waals surface area (Å²) in [7, 11) is 2.05. The van der Waals surface area contributed by atoms with Crippen molar-refractivity contribution in [1.82, 2.24) is 25.5 Å². The average molecular weight is 350 g/mol. The fourth-order valence-electron chi connectivity index (χ4n) is 5.30. The van der Waals surface area contributed by atoms with Crippen LogP contribution >= 0.6 is 0 Å². The summed E-state index contributed by atoms with van der Waals surface area (Å²) < 4.78 is 0. The second-order valence-corrected chi connectivity index (χ2v) is 9.03. The summed E-state index contributed by atoms with van der Waals surface area (Å²) in [5, 5.41) is 11.3. The Balaban J connectivity index is 1.29. The lowest BCUT2D eigenvalue weighted by molar-refractivity contribution is 0.196. The normalized spacial score (nSPS) is 31.1. The monoisotopic (exact) mass is 350 g/mol. The van der Waals surface area contributed by atoms with E-state index in [1.54, 1.807) is 0 Å². The third kappa shape index (κ3) is 2.11. The first-order valence-corrected chi connectivity index (χ1v) is 10.0. The number of nitrogens with zero attached hydrogens (tertiary/aromatic N) is 4. The van der Waals surface area contributed by atoms with E-state index in [-0.39, 0.29) is 5.41 Å². The Hall–Kier alpha value is -1.95. The van der Waals surface area contributed by atoms with E-state index in [9.17, 15) is 0 Å². The maximum absolute atomic E-state index is 5.04. The van der Waals surface area contributed by atoms with Crippen LogP contribution in [-0.2, 0) is 5.41 Å². The van der Waals surface area contributed by atoms with Crippen molar-refractivity contribution in [3.8, 4) is 0 Å². The van der Waals surface area contributed by atoms with E-state index in [0.717, 1.165) is 37.6 Å². The molecule has 2 aliphatic heterocycles. The van der Waals surface area contributed by atoms with E-state index in [4.69, 9.17) is 4.98 Å². The summed E-state index contributed by atoms with van der Waals surface area (Å²) in [5.74, 6) is 1.64. The quantitative estimate of drug-likeness (QED) is 0.837. The van der Waals surface area contributed by atoms with Crippen molar-refractivity contribution < 1.29 is 0 Å². The van der Waals surface area contributed by atoms with Crippen molar-refractivity contribution in [2.45, 2.75) is 55.9 Å². The van der Waals surface area contributed by atoms with Crippen molar-refractivity contribution in [3.63, 3.8) is 0 Å². The predicted octanol–water partition coefficient (Wildman–Crippen LogP) is 2.35. The van der Waals surface area contributed by atoms with Gasteiger partial charge in [0.05, 0.1) is 16.8 Å². The number of hydrogen-bond acceptors (Lipinski definition) is 5. The van der Waals surface area contributed by atoms with Crippen LogP contribution in [0.3, 0.4) is 0 Å². The molecule has 7 rings (SSSR count). The molecule has 6 nitrogen and oxygen atoms in total. The molecule has 0 atom stereocenters. The van der Waals surface area contributed by atoms with Crippen LogP contribution in [-0.4, -0.2) is 46.3 Å². The van der Waals surface area contributed by atoms with Gasteiger partial charge < -0.3 is 10.2 Å². The molecule has 0 unspecified atom stereocenters. The molecule has 3 saturated carbocycles. The van der Waals surface area contributed by atoms with E-state index in [1.165, 1.54) is 37.1 Å². The topological polar surface area (TPSA) is 69.7 Å². The molecule has 0 spiro atoms. The van der Waals surface area contributed by atoms with Crippen molar-refractivity contribution in [1.29, 1.82) is 0 Å². The van der Waals surface area contributed by atoms with Crippen LogP contribution in [0.1, 0.15) is 61.5 Å². The molecule has 0 aromatic carbocycles. The van der Waals surface area contributed by atoms with Crippen molar-refractivity contribution in [2.24, 2.45) is 5.41 Å². The number of fused-ring (bicyclic) bond motifs is 1. The van der Waals surface area contributed by atoms with Crippen LogP contribution in [0.25, 0.3) is 0 Å². The maximum Gasteiger partial charge on any atom is 0.225 e. The molecule has 0 amide bonds. The van der Waals surface area contributed by atoms with Crippen LogP contribution in [0.5, 0.6) is 0 Å². The minimum Gasteiger partial charge on any atom is -0.337 e. The lowest BCUT2D eigenvalue weighted by atomic mass is 9.70. The van der Waals surface area contributed by atoms with Crippen LogP contribution in [0.4, 0.5) is 5.95 Å². The zero-order chi connectivity index (χ0) is 17.4. The highest BCUT2D eigenvalue weighted by Crippen LogP contribution is 2.55. The lowest BCUT2D eigenvalue weighted by Gasteiger charge is -2.36. The van der Waals surface area contributed by atoms with Gasteiger partial charge in [0.15, 0.2) is 0 Å². The standard InChI is InChI=1S/C20H26N6/c1-21-11-19-9-14(10-19)26(12-19)18-22-7-4-16(23-18)20(5-6-20)17-8-15(24-25-17)13-2-3-13/h4,7-8,13-14,21H,2-3,5-6,9-12H2,1H3,(H,24,25). The number of rotatable bonds is 6. The Morgan fingerprint density at radius 2 is 2.12 bits per heavy atom. The van der Waals surface area contributed by atoms with Gasteiger partial charge in [-0.1, -0.05) is 0 Å². The zero-order valence-corrected chi connectivity index (χ0v) is 15.3. The third-order valence-corrected chi connectivity index (χ3v) is 7.08. The fourth-order valence-corrected chi connectivity index (χ4v) is 5.30. The smallest absolute Gasteiger partial charge is 0.225 e. The first-order valence-electron chi connectivity index (χ1n) is 10.0. The Labute approximate surface area is 153 Å². The van der Waals surface area contributed by atoms with Gasteiger partial charge in [-0.2, -0.15) is 5.10 Å². The number of anilines is 1. The summed E-state index contributed by atoms with van der Waals surface area (Å²) in [6.07, 6.45) is 9.39. The summed E-state index contributed by atoms with van der Waals surface area (Å²) in [5.41, 5.74) is 4.11. The van der Waals surface area contributed by atoms with Gasteiger partial charge >= 0.3 is 0 Å². The molecule has 5 aliphatic rings. The lowest BCUT2D eigenvalue weighted by Crippen LogP contribution is -2.41. The second kappa shape index (κ2) is 5.06. The Morgan fingerprint density at radius 3 is 2.85 bits per heavy atom. The van der Waals surface area contributed by atoms with E-state index < -0.39 is 0 Å². The van der Waals surface area contributed by atoms with Crippen molar-refractivity contribution in [2.75, 3.05) is 25.0 Å². The predicted molar refractivity (Wildman–Crippen MR) is 99.3 cm³/mol. The molecule has 2 aromatic rings. The number of hydrogen-bond donors (Lipinski definition) is 2. The van der Waals surface area contributed by atoms with Crippen LogP contribution in [0.2, 0.25) is 0 Å². The molecule has 6 heteroatoms. The highest BCUT2D eigenvalue weighted by molar-refractivity contribution is 5.45. The van der Waals surface area contributed by atoms with E-state index in [2.05, 4.69) is 44.6 Å². The highest BCUT2D eigenvalue weighted by atomic mass is 15.3. The van der Waals surface area contributed by atoms with Gasteiger partial charge in [-0.05, 0) is 57.7 Å². The molecule has 5 fully saturated rings. The number of H-pyrrole nitrogens is 1. The molecule has 2 N–H and O–H groups in total. The minimum atomic E-state index is 0.0205. The fraction of sp³-hybridized carbons (Fsp3) is 0.650. The summed E-state index contributed by atoms with van der Waals surface area (Å²) >= 11 is 0. The average Bonchev–Trinajstić information content (AvgIpc) is 3.53. The van der Waals surface area contributed by atoms with Gasteiger partial charge in [0, 0.05) is 42.4 Å². The first kappa shape index (κ1) is 15.1.